The maximum atomic E-state index is 14.4. The molecule has 0 amide bonds. The molecule has 3 heterocycles. The first-order chi connectivity index (χ1) is 13.0. The van der Waals surface area contributed by atoms with E-state index in [9.17, 15) is 4.39 Å². The van der Waals surface area contributed by atoms with Gasteiger partial charge in [0.2, 0.25) is 0 Å². The average Bonchev–Trinajstić information content (AvgIpc) is 3.32. The summed E-state index contributed by atoms with van der Waals surface area (Å²) in [6.45, 7) is 6.14. The van der Waals surface area contributed by atoms with Crippen molar-refractivity contribution in [3.63, 3.8) is 0 Å². The van der Waals surface area contributed by atoms with Gasteiger partial charge in [-0.1, -0.05) is 19.9 Å². The third-order valence-corrected chi connectivity index (χ3v) is 4.54. The molecule has 4 rings (SSSR count). The van der Waals surface area contributed by atoms with Crippen LogP contribution in [-0.2, 0) is 0 Å². The molecule has 0 radical (unpaired) electrons. The zero-order chi connectivity index (χ0) is 19.0. The SMILES string of the molecule is Cc1cccc(-c2[nH]c(C(C)C)nc2-c2ccc(F)c(-c3ccc[nH]3)c2)n1. The Morgan fingerprint density at radius 2 is 1.85 bits per heavy atom. The minimum atomic E-state index is -0.268. The Labute approximate surface area is 157 Å². The number of nitrogens with zero attached hydrogens (tertiary/aromatic N) is 2. The van der Waals surface area contributed by atoms with Crippen LogP contribution in [0.2, 0.25) is 0 Å². The van der Waals surface area contributed by atoms with Crippen LogP contribution >= 0.6 is 0 Å². The number of aryl methyl sites for hydroxylation is 1. The zero-order valence-electron chi connectivity index (χ0n) is 15.5. The largest absolute Gasteiger partial charge is 0.361 e. The Morgan fingerprint density at radius 1 is 1.00 bits per heavy atom. The lowest BCUT2D eigenvalue weighted by atomic mass is 10.0. The van der Waals surface area contributed by atoms with Crippen LogP contribution in [0.3, 0.4) is 0 Å². The zero-order valence-corrected chi connectivity index (χ0v) is 15.5. The van der Waals surface area contributed by atoms with E-state index < -0.39 is 0 Å². The molecular weight excluding hydrogens is 339 g/mol. The van der Waals surface area contributed by atoms with Crippen molar-refractivity contribution in [3.8, 4) is 33.9 Å². The van der Waals surface area contributed by atoms with E-state index in [4.69, 9.17) is 4.98 Å². The molecule has 0 fully saturated rings. The number of aromatic amines is 2. The van der Waals surface area contributed by atoms with Gasteiger partial charge >= 0.3 is 0 Å². The third kappa shape index (κ3) is 3.28. The highest BCUT2D eigenvalue weighted by atomic mass is 19.1. The van der Waals surface area contributed by atoms with Gasteiger partial charge in [-0.2, -0.15) is 0 Å². The van der Waals surface area contributed by atoms with E-state index in [-0.39, 0.29) is 11.7 Å². The number of nitrogens with one attached hydrogen (secondary N) is 2. The number of hydrogen-bond acceptors (Lipinski definition) is 2. The smallest absolute Gasteiger partial charge is 0.132 e. The fourth-order valence-electron chi connectivity index (χ4n) is 3.12. The molecule has 0 unspecified atom stereocenters. The first kappa shape index (κ1) is 17.2. The van der Waals surface area contributed by atoms with Gasteiger partial charge in [0.05, 0.1) is 17.1 Å². The maximum absolute atomic E-state index is 14.4. The Balaban J connectivity index is 1.90. The quantitative estimate of drug-likeness (QED) is 0.490. The summed E-state index contributed by atoms with van der Waals surface area (Å²) in [7, 11) is 0. The number of halogens is 1. The number of pyridine rings is 1. The minimum absolute atomic E-state index is 0.241. The van der Waals surface area contributed by atoms with Crippen LogP contribution in [0, 0.1) is 12.7 Å². The molecule has 27 heavy (non-hydrogen) atoms. The van der Waals surface area contributed by atoms with Gasteiger partial charge in [0.1, 0.15) is 11.6 Å². The fourth-order valence-corrected chi connectivity index (χ4v) is 3.12. The van der Waals surface area contributed by atoms with E-state index in [1.807, 2.05) is 43.3 Å². The van der Waals surface area contributed by atoms with E-state index >= 15 is 0 Å². The molecule has 2 N–H and O–H groups in total. The molecule has 0 aliphatic carbocycles. The molecule has 0 aliphatic rings. The van der Waals surface area contributed by atoms with Gasteiger partial charge < -0.3 is 9.97 Å². The van der Waals surface area contributed by atoms with Crippen molar-refractivity contribution in [2.75, 3.05) is 0 Å². The molecule has 3 aromatic heterocycles. The Hall–Kier alpha value is -3.21. The predicted octanol–water partition coefficient (Wildman–Crippen LogP) is 5.70. The van der Waals surface area contributed by atoms with E-state index in [0.29, 0.717) is 5.56 Å². The fraction of sp³-hybridized carbons (Fsp3) is 0.182. The van der Waals surface area contributed by atoms with Crippen molar-refractivity contribution < 1.29 is 4.39 Å². The number of hydrogen-bond donors (Lipinski definition) is 2. The van der Waals surface area contributed by atoms with Crippen LogP contribution in [0.5, 0.6) is 0 Å². The minimum Gasteiger partial charge on any atom is -0.361 e. The number of imidazole rings is 1. The summed E-state index contributed by atoms with van der Waals surface area (Å²) < 4.78 is 14.4. The summed E-state index contributed by atoms with van der Waals surface area (Å²) >= 11 is 0. The Kier molecular flexibility index (Phi) is 4.36. The summed E-state index contributed by atoms with van der Waals surface area (Å²) in [5, 5.41) is 0. The van der Waals surface area contributed by atoms with Crippen molar-refractivity contribution in [2.24, 2.45) is 0 Å². The van der Waals surface area contributed by atoms with Gasteiger partial charge in [-0.3, -0.25) is 4.98 Å². The van der Waals surface area contributed by atoms with Crippen LogP contribution in [0.1, 0.15) is 31.3 Å². The topological polar surface area (TPSA) is 57.4 Å². The Bertz CT molecular complexity index is 1080. The number of aromatic nitrogens is 4. The third-order valence-electron chi connectivity index (χ3n) is 4.54. The van der Waals surface area contributed by atoms with Gasteiger partial charge in [0, 0.05) is 34.6 Å². The van der Waals surface area contributed by atoms with Gasteiger partial charge in [-0.25, -0.2) is 9.37 Å². The summed E-state index contributed by atoms with van der Waals surface area (Å²) in [6, 6.07) is 14.7. The molecule has 0 bridgehead atoms. The van der Waals surface area contributed by atoms with Crippen LogP contribution < -0.4 is 0 Å². The highest BCUT2D eigenvalue weighted by Gasteiger charge is 2.18. The number of H-pyrrole nitrogens is 2. The van der Waals surface area contributed by atoms with E-state index in [0.717, 1.165) is 39.9 Å². The van der Waals surface area contributed by atoms with E-state index in [1.54, 1.807) is 12.3 Å². The molecule has 0 atom stereocenters. The monoisotopic (exact) mass is 360 g/mol. The first-order valence-corrected chi connectivity index (χ1v) is 9.00. The summed E-state index contributed by atoms with van der Waals surface area (Å²) in [6.07, 6.45) is 1.79. The highest BCUT2D eigenvalue weighted by Crippen LogP contribution is 2.34. The van der Waals surface area contributed by atoms with Crippen LogP contribution in [-0.4, -0.2) is 19.9 Å². The van der Waals surface area contributed by atoms with E-state index in [1.165, 1.54) is 6.07 Å². The van der Waals surface area contributed by atoms with Gasteiger partial charge in [-0.15, -0.1) is 0 Å². The molecule has 136 valence electrons. The standard InChI is InChI=1S/C22H21FN4/c1-13(2)22-26-20(21(27-22)19-7-4-6-14(3)25-19)15-9-10-17(23)16(12-15)18-8-5-11-24-18/h4-13,24H,1-3H3,(H,26,27). The summed E-state index contributed by atoms with van der Waals surface area (Å²) in [5.74, 6) is 0.857. The molecule has 5 heteroatoms. The van der Waals surface area contributed by atoms with Crippen molar-refractivity contribution in [1.29, 1.82) is 0 Å². The molecular formula is C22H21FN4. The van der Waals surface area contributed by atoms with E-state index in [2.05, 4.69) is 28.8 Å². The lowest BCUT2D eigenvalue weighted by Crippen LogP contribution is -1.91. The van der Waals surface area contributed by atoms with Gasteiger partial charge in [0.15, 0.2) is 0 Å². The number of benzene rings is 1. The summed E-state index contributed by atoms with van der Waals surface area (Å²) in [4.78, 5) is 15.9. The first-order valence-electron chi connectivity index (χ1n) is 9.00. The normalized spacial score (nSPS) is 11.3. The molecule has 0 spiro atoms. The molecule has 0 saturated carbocycles. The van der Waals surface area contributed by atoms with Crippen molar-refractivity contribution >= 4 is 0 Å². The summed E-state index contributed by atoms with van der Waals surface area (Å²) in [5.41, 5.74) is 5.51. The second-order valence-electron chi connectivity index (χ2n) is 6.94. The number of rotatable bonds is 4. The lowest BCUT2D eigenvalue weighted by molar-refractivity contribution is 0.631. The molecule has 4 nitrogen and oxygen atoms in total. The van der Waals surface area contributed by atoms with Gasteiger partial charge in [-0.05, 0) is 49.4 Å². The molecule has 4 aromatic rings. The highest BCUT2D eigenvalue weighted by molar-refractivity contribution is 5.79. The van der Waals surface area contributed by atoms with Crippen molar-refractivity contribution in [1.82, 2.24) is 19.9 Å². The Morgan fingerprint density at radius 3 is 2.56 bits per heavy atom. The van der Waals surface area contributed by atoms with Crippen LogP contribution in [0.15, 0.2) is 54.7 Å². The van der Waals surface area contributed by atoms with Crippen LogP contribution in [0.25, 0.3) is 33.9 Å². The molecule has 1 aromatic carbocycles. The second-order valence-corrected chi connectivity index (χ2v) is 6.94. The second kappa shape index (κ2) is 6.83. The maximum Gasteiger partial charge on any atom is 0.132 e. The van der Waals surface area contributed by atoms with Crippen LogP contribution in [0.4, 0.5) is 4.39 Å². The molecule has 0 aliphatic heterocycles. The van der Waals surface area contributed by atoms with Gasteiger partial charge in [0.25, 0.3) is 0 Å². The van der Waals surface area contributed by atoms with Crippen molar-refractivity contribution in [2.45, 2.75) is 26.7 Å². The van der Waals surface area contributed by atoms with Crippen molar-refractivity contribution in [3.05, 3.63) is 72.1 Å². The molecule has 0 saturated heterocycles. The average molecular weight is 360 g/mol. The predicted molar refractivity (Wildman–Crippen MR) is 106 cm³/mol. The lowest BCUT2D eigenvalue weighted by Gasteiger charge is -2.07.